The number of aliphatic hydroxyl groups is 1. The Hall–Kier alpha value is -0.120. The number of hydrogen-bond acceptors (Lipinski definition) is 3. The molecule has 96 valence electrons. The molecule has 1 rings (SSSR count). The number of aliphatic hydroxyl groups excluding tert-OH is 1. The Morgan fingerprint density at radius 1 is 1.31 bits per heavy atom. The molecule has 0 spiro atoms. The van der Waals surface area contributed by atoms with E-state index in [4.69, 9.17) is 4.74 Å². The van der Waals surface area contributed by atoms with Crippen molar-refractivity contribution in [3.05, 3.63) is 0 Å². The summed E-state index contributed by atoms with van der Waals surface area (Å²) in [5, 5.41) is 10.3. The van der Waals surface area contributed by atoms with Gasteiger partial charge in [0.1, 0.15) is 0 Å². The first kappa shape index (κ1) is 13.9. The minimum atomic E-state index is -0.373. The molecule has 1 N–H and O–H groups in total. The van der Waals surface area contributed by atoms with Crippen molar-refractivity contribution in [2.45, 2.75) is 58.1 Å². The lowest BCUT2D eigenvalue weighted by Gasteiger charge is -2.41. The van der Waals surface area contributed by atoms with E-state index in [0.717, 1.165) is 32.5 Å². The van der Waals surface area contributed by atoms with Crippen LogP contribution in [0.3, 0.4) is 0 Å². The minimum absolute atomic E-state index is 0.107. The fourth-order valence-electron chi connectivity index (χ4n) is 2.42. The molecule has 16 heavy (non-hydrogen) atoms. The molecule has 1 saturated heterocycles. The lowest BCUT2D eigenvalue weighted by atomic mass is 9.90. The highest BCUT2D eigenvalue weighted by atomic mass is 16.5. The van der Waals surface area contributed by atoms with Crippen LogP contribution in [-0.2, 0) is 4.74 Å². The second-order valence-corrected chi connectivity index (χ2v) is 5.00. The summed E-state index contributed by atoms with van der Waals surface area (Å²) in [4.78, 5) is 2.42. The lowest BCUT2D eigenvalue weighted by Crippen LogP contribution is -2.54. The highest BCUT2D eigenvalue weighted by Gasteiger charge is 2.38. The third kappa shape index (κ3) is 3.19. The molecule has 2 atom stereocenters. The molecule has 0 radical (unpaired) electrons. The van der Waals surface area contributed by atoms with Gasteiger partial charge in [-0.2, -0.15) is 0 Å². The van der Waals surface area contributed by atoms with Crippen LogP contribution in [0.4, 0.5) is 0 Å². The monoisotopic (exact) mass is 229 g/mol. The average Bonchev–Trinajstić information content (AvgIpc) is 2.82. The highest BCUT2D eigenvalue weighted by Crippen LogP contribution is 2.28. The molecule has 0 aromatic carbocycles. The molecule has 2 unspecified atom stereocenters. The summed E-state index contributed by atoms with van der Waals surface area (Å²) < 4.78 is 5.48. The minimum Gasteiger partial charge on any atom is -0.389 e. The standard InChI is InChI=1S/C13H27NO2/c1-4-10-16-11-12(15)13(3,5-2)14-8-6-7-9-14/h12,15H,4-11H2,1-3H3. The van der Waals surface area contributed by atoms with E-state index >= 15 is 0 Å². The van der Waals surface area contributed by atoms with Gasteiger partial charge in [-0.25, -0.2) is 0 Å². The van der Waals surface area contributed by atoms with Gasteiger partial charge in [0.25, 0.3) is 0 Å². The smallest absolute Gasteiger partial charge is 0.0953 e. The van der Waals surface area contributed by atoms with Gasteiger partial charge in [0.2, 0.25) is 0 Å². The fourth-order valence-corrected chi connectivity index (χ4v) is 2.42. The molecule has 1 aliphatic rings. The van der Waals surface area contributed by atoms with Gasteiger partial charge in [0, 0.05) is 12.1 Å². The van der Waals surface area contributed by atoms with Crippen molar-refractivity contribution in [2.24, 2.45) is 0 Å². The Morgan fingerprint density at radius 3 is 2.44 bits per heavy atom. The Bertz CT molecular complexity index is 192. The molecular weight excluding hydrogens is 202 g/mol. The van der Waals surface area contributed by atoms with E-state index < -0.39 is 0 Å². The number of likely N-dealkylation sites (tertiary alicyclic amines) is 1. The van der Waals surface area contributed by atoms with Crippen LogP contribution in [0, 0.1) is 0 Å². The van der Waals surface area contributed by atoms with Crippen LogP contribution in [0.15, 0.2) is 0 Å². The quantitative estimate of drug-likeness (QED) is 0.678. The van der Waals surface area contributed by atoms with Crippen LogP contribution in [0.2, 0.25) is 0 Å². The molecule has 0 saturated carbocycles. The van der Waals surface area contributed by atoms with Crippen LogP contribution in [-0.4, -0.2) is 48.0 Å². The SMILES string of the molecule is CCCOCC(O)C(C)(CC)N1CCCC1. The zero-order valence-corrected chi connectivity index (χ0v) is 11.0. The number of rotatable bonds is 7. The Labute approximate surface area is 99.8 Å². The molecular formula is C13H27NO2. The number of hydrogen-bond donors (Lipinski definition) is 1. The summed E-state index contributed by atoms with van der Waals surface area (Å²) in [6, 6.07) is 0. The van der Waals surface area contributed by atoms with Gasteiger partial charge >= 0.3 is 0 Å². The Morgan fingerprint density at radius 2 is 1.94 bits per heavy atom. The van der Waals surface area contributed by atoms with E-state index in [2.05, 4.69) is 25.7 Å². The molecule has 1 aliphatic heterocycles. The normalized spacial score (nSPS) is 23.2. The topological polar surface area (TPSA) is 32.7 Å². The molecule has 3 heteroatoms. The summed E-state index contributed by atoms with van der Waals surface area (Å²) in [7, 11) is 0. The van der Waals surface area contributed by atoms with Crippen molar-refractivity contribution in [1.29, 1.82) is 0 Å². The molecule has 1 heterocycles. The van der Waals surface area contributed by atoms with E-state index in [9.17, 15) is 5.11 Å². The van der Waals surface area contributed by atoms with E-state index in [1.807, 2.05) is 0 Å². The lowest BCUT2D eigenvalue weighted by molar-refractivity contribution is -0.0598. The van der Waals surface area contributed by atoms with E-state index in [1.165, 1.54) is 12.8 Å². The second-order valence-electron chi connectivity index (χ2n) is 5.00. The van der Waals surface area contributed by atoms with Gasteiger partial charge in [-0.15, -0.1) is 0 Å². The molecule has 0 aromatic heterocycles. The van der Waals surface area contributed by atoms with E-state index in [0.29, 0.717) is 6.61 Å². The first-order chi connectivity index (χ1) is 7.65. The van der Waals surface area contributed by atoms with Gasteiger partial charge in [-0.1, -0.05) is 13.8 Å². The molecule has 3 nitrogen and oxygen atoms in total. The zero-order chi connectivity index (χ0) is 12.0. The number of nitrogens with zero attached hydrogens (tertiary/aromatic N) is 1. The molecule has 0 amide bonds. The van der Waals surface area contributed by atoms with Crippen molar-refractivity contribution < 1.29 is 9.84 Å². The molecule has 0 aliphatic carbocycles. The van der Waals surface area contributed by atoms with Crippen LogP contribution < -0.4 is 0 Å². The maximum absolute atomic E-state index is 10.3. The summed E-state index contributed by atoms with van der Waals surface area (Å²) in [6.07, 6.45) is 4.14. The maximum Gasteiger partial charge on any atom is 0.0953 e. The zero-order valence-electron chi connectivity index (χ0n) is 11.0. The maximum atomic E-state index is 10.3. The van der Waals surface area contributed by atoms with E-state index in [1.54, 1.807) is 0 Å². The highest BCUT2D eigenvalue weighted by molar-refractivity contribution is 4.93. The van der Waals surface area contributed by atoms with Crippen molar-refractivity contribution in [3.8, 4) is 0 Å². The van der Waals surface area contributed by atoms with Crippen LogP contribution in [0.1, 0.15) is 46.5 Å². The first-order valence-electron chi connectivity index (χ1n) is 6.66. The van der Waals surface area contributed by atoms with Crippen LogP contribution in [0.25, 0.3) is 0 Å². The van der Waals surface area contributed by atoms with Crippen molar-refractivity contribution in [3.63, 3.8) is 0 Å². The predicted octanol–water partition coefficient (Wildman–Crippen LogP) is 2.04. The Kier molecular flexibility index (Phi) is 5.73. The molecule has 0 bridgehead atoms. The van der Waals surface area contributed by atoms with Crippen molar-refractivity contribution in [2.75, 3.05) is 26.3 Å². The first-order valence-corrected chi connectivity index (χ1v) is 6.66. The average molecular weight is 229 g/mol. The third-order valence-corrected chi connectivity index (χ3v) is 3.89. The predicted molar refractivity (Wildman–Crippen MR) is 66.6 cm³/mol. The van der Waals surface area contributed by atoms with Crippen LogP contribution in [0.5, 0.6) is 0 Å². The van der Waals surface area contributed by atoms with Gasteiger partial charge < -0.3 is 9.84 Å². The van der Waals surface area contributed by atoms with Gasteiger partial charge in [-0.3, -0.25) is 4.90 Å². The molecule has 0 aromatic rings. The summed E-state index contributed by atoms with van der Waals surface area (Å²) >= 11 is 0. The van der Waals surface area contributed by atoms with Crippen LogP contribution >= 0.6 is 0 Å². The third-order valence-electron chi connectivity index (χ3n) is 3.89. The second kappa shape index (κ2) is 6.58. The largest absolute Gasteiger partial charge is 0.389 e. The van der Waals surface area contributed by atoms with Crippen molar-refractivity contribution in [1.82, 2.24) is 4.90 Å². The summed E-state index contributed by atoms with van der Waals surface area (Å²) in [5.41, 5.74) is -0.107. The molecule has 1 fully saturated rings. The Balaban J connectivity index is 2.48. The summed E-state index contributed by atoms with van der Waals surface area (Å²) in [5.74, 6) is 0. The van der Waals surface area contributed by atoms with Gasteiger partial charge in [0.05, 0.1) is 12.7 Å². The van der Waals surface area contributed by atoms with Crippen molar-refractivity contribution >= 4 is 0 Å². The van der Waals surface area contributed by atoms with Gasteiger partial charge in [0.15, 0.2) is 0 Å². The summed E-state index contributed by atoms with van der Waals surface area (Å²) in [6.45, 7) is 9.86. The van der Waals surface area contributed by atoms with Gasteiger partial charge in [-0.05, 0) is 45.7 Å². The van der Waals surface area contributed by atoms with E-state index in [-0.39, 0.29) is 11.6 Å². The fraction of sp³-hybridized carbons (Fsp3) is 1.00. The number of ether oxygens (including phenoxy) is 1.